The van der Waals surface area contributed by atoms with Crippen molar-refractivity contribution in [3.63, 3.8) is 0 Å². The Labute approximate surface area is 103 Å². The largest absolute Gasteiger partial charge is 0.418 e. The van der Waals surface area contributed by atoms with E-state index in [1.807, 2.05) is 0 Å². The van der Waals surface area contributed by atoms with E-state index in [1.54, 1.807) is 5.32 Å². The predicted octanol–water partition coefficient (Wildman–Crippen LogP) is 3.60. The van der Waals surface area contributed by atoms with Gasteiger partial charge in [-0.15, -0.1) is 0 Å². The van der Waals surface area contributed by atoms with Gasteiger partial charge in [-0.3, -0.25) is 0 Å². The van der Waals surface area contributed by atoms with E-state index in [0.29, 0.717) is 6.07 Å². The highest BCUT2D eigenvalue weighted by Crippen LogP contribution is 2.36. The van der Waals surface area contributed by atoms with Crippen LogP contribution >= 0.6 is 0 Å². The van der Waals surface area contributed by atoms with Gasteiger partial charge in [0.2, 0.25) is 0 Å². The van der Waals surface area contributed by atoms with Crippen LogP contribution in [0.15, 0.2) is 18.2 Å². The van der Waals surface area contributed by atoms with Crippen molar-refractivity contribution in [2.24, 2.45) is 0 Å². The van der Waals surface area contributed by atoms with Gasteiger partial charge in [-0.1, -0.05) is 0 Å². The van der Waals surface area contributed by atoms with Gasteiger partial charge in [-0.25, -0.2) is 8.78 Å². The number of halogens is 7. The Bertz CT molecular complexity index is 442. The van der Waals surface area contributed by atoms with Gasteiger partial charge in [-0.2, -0.15) is 22.0 Å². The lowest BCUT2D eigenvalue weighted by Crippen LogP contribution is -2.35. The van der Waals surface area contributed by atoms with Crippen molar-refractivity contribution in [3.8, 4) is 0 Å². The summed E-state index contributed by atoms with van der Waals surface area (Å²) in [7, 11) is 0. The quantitative estimate of drug-likeness (QED) is 0.657. The number of nitrogens with two attached hydrogens (primary N) is 1. The minimum Gasteiger partial charge on any atom is -0.399 e. The highest BCUT2D eigenvalue weighted by atomic mass is 19.4. The molecule has 2 nitrogen and oxygen atoms in total. The monoisotopic (exact) mass is 290 g/mol. The summed E-state index contributed by atoms with van der Waals surface area (Å²) < 4.78 is 86.7. The van der Waals surface area contributed by atoms with Gasteiger partial charge < -0.3 is 11.1 Å². The van der Waals surface area contributed by atoms with Gasteiger partial charge >= 0.3 is 18.5 Å². The average molecular weight is 290 g/mol. The van der Waals surface area contributed by atoms with Gasteiger partial charge in [0.25, 0.3) is 0 Å². The molecule has 0 radical (unpaired) electrons. The predicted molar refractivity (Wildman–Crippen MR) is 55.3 cm³/mol. The number of alkyl halides is 7. The first-order valence-corrected chi connectivity index (χ1v) is 4.90. The molecule has 0 aliphatic rings. The molecule has 3 N–H and O–H groups in total. The summed E-state index contributed by atoms with van der Waals surface area (Å²) in [5.41, 5.74) is 2.91. The molecule has 0 fully saturated rings. The number of benzene rings is 1. The van der Waals surface area contributed by atoms with Crippen LogP contribution in [-0.2, 0) is 6.18 Å². The molecular formula is C10H9F7N2. The Balaban J connectivity index is 2.96. The molecule has 1 rings (SSSR count). The lowest BCUT2D eigenvalue weighted by atomic mass is 10.1. The summed E-state index contributed by atoms with van der Waals surface area (Å²) in [4.78, 5) is 0. The van der Waals surface area contributed by atoms with Crippen LogP contribution in [0.25, 0.3) is 0 Å². The van der Waals surface area contributed by atoms with Crippen LogP contribution < -0.4 is 11.1 Å². The first kappa shape index (κ1) is 15.4. The van der Waals surface area contributed by atoms with Gasteiger partial charge in [0, 0.05) is 11.4 Å². The van der Waals surface area contributed by atoms with Gasteiger partial charge in [-0.05, 0) is 18.2 Å². The summed E-state index contributed by atoms with van der Waals surface area (Å²) in [5, 5.41) is 1.66. The molecule has 0 saturated heterocycles. The average Bonchev–Trinajstić information content (AvgIpc) is 2.26. The van der Waals surface area contributed by atoms with Crippen LogP contribution in [-0.4, -0.2) is 18.9 Å². The van der Waals surface area contributed by atoms with E-state index in [1.165, 1.54) is 0 Å². The topological polar surface area (TPSA) is 38.0 Å². The van der Waals surface area contributed by atoms with E-state index in [4.69, 9.17) is 5.73 Å². The molecular weight excluding hydrogens is 281 g/mol. The van der Waals surface area contributed by atoms with E-state index in [0.717, 1.165) is 12.1 Å². The van der Waals surface area contributed by atoms with Gasteiger partial charge in [0.05, 0.1) is 12.1 Å². The summed E-state index contributed by atoms with van der Waals surface area (Å²) in [5.74, 6) is -4.43. The Kier molecular flexibility index (Phi) is 4.16. The van der Waals surface area contributed by atoms with Crippen LogP contribution in [0.2, 0.25) is 0 Å². The standard InChI is InChI=1S/C10H9F7N2/c11-8(12)9(13,14)4-19-7-2-1-5(18)3-6(7)10(15,16)17/h1-3,8,19H,4,18H2. The zero-order valence-corrected chi connectivity index (χ0v) is 9.24. The summed E-state index contributed by atoms with van der Waals surface area (Å²) in [6, 6.07) is 2.38. The molecule has 0 heterocycles. The molecule has 0 spiro atoms. The molecule has 0 aliphatic heterocycles. The molecule has 0 aliphatic carbocycles. The molecule has 0 aromatic heterocycles. The number of hydrogen-bond acceptors (Lipinski definition) is 2. The van der Waals surface area contributed by atoms with Crippen molar-refractivity contribution in [2.45, 2.75) is 18.5 Å². The Morgan fingerprint density at radius 2 is 1.68 bits per heavy atom. The fourth-order valence-electron chi connectivity index (χ4n) is 1.24. The van der Waals surface area contributed by atoms with Crippen molar-refractivity contribution in [1.29, 1.82) is 0 Å². The second kappa shape index (κ2) is 5.14. The molecule has 1 aromatic carbocycles. The molecule has 0 unspecified atom stereocenters. The Hall–Kier alpha value is -1.67. The van der Waals surface area contributed by atoms with E-state index >= 15 is 0 Å². The second-order valence-electron chi connectivity index (χ2n) is 3.72. The first-order valence-electron chi connectivity index (χ1n) is 4.90. The maximum Gasteiger partial charge on any atom is 0.418 e. The summed E-state index contributed by atoms with van der Waals surface area (Å²) in [6.45, 7) is -1.61. The molecule has 9 heteroatoms. The van der Waals surface area contributed by atoms with Crippen molar-refractivity contribution in [3.05, 3.63) is 23.8 Å². The third-order valence-corrected chi connectivity index (χ3v) is 2.18. The molecule has 0 saturated carbocycles. The molecule has 0 amide bonds. The number of hydrogen-bond donors (Lipinski definition) is 2. The molecule has 19 heavy (non-hydrogen) atoms. The fourth-order valence-corrected chi connectivity index (χ4v) is 1.24. The minimum atomic E-state index is -4.84. The zero-order valence-electron chi connectivity index (χ0n) is 9.24. The van der Waals surface area contributed by atoms with Crippen LogP contribution in [0.3, 0.4) is 0 Å². The Morgan fingerprint density at radius 3 is 2.16 bits per heavy atom. The zero-order chi connectivity index (χ0) is 14.8. The van der Waals surface area contributed by atoms with Gasteiger partial charge in [0.1, 0.15) is 0 Å². The highest BCUT2D eigenvalue weighted by molar-refractivity contribution is 5.59. The second-order valence-corrected chi connectivity index (χ2v) is 3.72. The maximum atomic E-state index is 12.6. The smallest absolute Gasteiger partial charge is 0.399 e. The summed E-state index contributed by atoms with van der Waals surface area (Å²) >= 11 is 0. The molecule has 0 bridgehead atoms. The number of nitrogen functional groups attached to an aromatic ring is 1. The fraction of sp³-hybridized carbons (Fsp3) is 0.400. The SMILES string of the molecule is Nc1ccc(NCC(F)(F)C(F)F)c(C(F)(F)F)c1. The Morgan fingerprint density at radius 1 is 1.11 bits per heavy atom. The van der Waals surface area contributed by atoms with E-state index in [9.17, 15) is 30.7 Å². The maximum absolute atomic E-state index is 12.6. The van der Waals surface area contributed by atoms with Gasteiger partial charge in [0.15, 0.2) is 0 Å². The molecule has 0 atom stereocenters. The first-order chi connectivity index (χ1) is 8.54. The number of rotatable bonds is 4. The van der Waals surface area contributed by atoms with Crippen LogP contribution in [0.4, 0.5) is 42.1 Å². The normalized spacial score (nSPS) is 12.8. The summed E-state index contributed by atoms with van der Waals surface area (Å²) in [6.07, 6.45) is -8.80. The van der Waals surface area contributed by atoms with Crippen molar-refractivity contribution in [1.82, 2.24) is 0 Å². The molecule has 108 valence electrons. The minimum absolute atomic E-state index is 0.224. The van der Waals surface area contributed by atoms with Crippen LogP contribution in [0.1, 0.15) is 5.56 Å². The van der Waals surface area contributed by atoms with E-state index in [-0.39, 0.29) is 5.69 Å². The third kappa shape index (κ3) is 3.90. The van der Waals surface area contributed by atoms with Crippen molar-refractivity contribution >= 4 is 11.4 Å². The number of nitrogens with one attached hydrogen (secondary N) is 1. The van der Waals surface area contributed by atoms with E-state index in [2.05, 4.69) is 0 Å². The molecule has 1 aromatic rings. The van der Waals surface area contributed by atoms with Crippen molar-refractivity contribution < 1.29 is 30.7 Å². The lowest BCUT2D eigenvalue weighted by molar-refractivity contribution is -0.137. The number of anilines is 2. The van der Waals surface area contributed by atoms with Crippen LogP contribution in [0.5, 0.6) is 0 Å². The lowest BCUT2D eigenvalue weighted by Gasteiger charge is -2.19. The highest BCUT2D eigenvalue weighted by Gasteiger charge is 2.41. The van der Waals surface area contributed by atoms with Crippen LogP contribution in [0, 0.1) is 0 Å². The van der Waals surface area contributed by atoms with Crippen molar-refractivity contribution in [2.75, 3.05) is 17.6 Å². The third-order valence-electron chi connectivity index (χ3n) is 2.18. The van der Waals surface area contributed by atoms with E-state index < -0.39 is 36.3 Å².